The molecule has 1 aromatic carbocycles. The van der Waals surface area contributed by atoms with Gasteiger partial charge in [-0.15, -0.1) is 0 Å². The van der Waals surface area contributed by atoms with Gasteiger partial charge in [0.15, 0.2) is 5.96 Å². The fourth-order valence-corrected chi connectivity index (χ4v) is 3.16. The van der Waals surface area contributed by atoms with Gasteiger partial charge >= 0.3 is 0 Å². The predicted molar refractivity (Wildman–Crippen MR) is 114 cm³/mol. The first-order valence-corrected chi connectivity index (χ1v) is 10.4. The van der Waals surface area contributed by atoms with Crippen molar-refractivity contribution in [2.24, 2.45) is 10.9 Å². The average Bonchev–Trinajstić information content (AvgIpc) is 3.23. The molecule has 0 bridgehead atoms. The zero-order valence-electron chi connectivity index (χ0n) is 17.4. The molecule has 7 heteroatoms. The number of rotatable bonds is 9. The second-order valence-corrected chi connectivity index (χ2v) is 7.35. The minimum absolute atomic E-state index is 0.551. The van der Waals surface area contributed by atoms with Gasteiger partial charge < -0.3 is 24.5 Å². The number of guanidine groups is 1. The van der Waals surface area contributed by atoms with E-state index in [1.54, 1.807) is 13.3 Å². The number of aryl methyl sites for hydroxylation is 1. The monoisotopic (exact) mass is 400 g/mol. The third-order valence-corrected chi connectivity index (χ3v) is 4.96. The predicted octanol–water partition coefficient (Wildman–Crippen LogP) is 3.15. The van der Waals surface area contributed by atoms with Crippen molar-refractivity contribution in [2.75, 3.05) is 40.0 Å². The van der Waals surface area contributed by atoms with Crippen LogP contribution in [0.3, 0.4) is 0 Å². The third-order valence-electron chi connectivity index (χ3n) is 4.96. The third kappa shape index (κ3) is 7.18. The van der Waals surface area contributed by atoms with Crippen molar-refractivity contribution < 1.29 is 13.9 Å². The number of oxazole rings is 1. The fourth-order valence-electron chi connectivity index (χ4n) is 3.16. The number of hydrogen-bond acceptors (Lipinski definition) is 5. The molecule has 0 saturated carbocycles. The van der Waals surface area contributed by atoms with Crippen LogP contribution in [0, 0.1) is 12.8 Å². The molecule has 0 amide bonds. The van der Waals surface area contributed by atoms with E-state index in [4.69, 9.17) is 13.9 Å². The number of nitrogens with one attached hydrogen (secondary N) is 2. The van der Waals surface area contributed by atoms with E-state index in [1.165, 1.54) is 5.56 Å². The van der Waals surface area contributed by atoms with Gasteiger partial charge in [0.05, 0.1) is 12.2 Å². The molecule has 2 N–H and O–H groups in total. The number of ether oxygens (including phenoxy) is 2. The van der Waals surface area contributed by atoms with Crippen molar-refractivity contribution in [1.82, 2.24) is 15.6 Å². The lowest BCUT2D eigenvalue weighted by Crippen LogP contribution is -2.37. The van der Waals surface area contributed by atoms with E-state index in [-0.39, 0.29) is 0 Å². The second kappa shape index (κ2) is 11.6. The highest BCUT2D eigenvalue weighted by Gasteiger charge is 2.13. The minimum atomic E-state index is 0.551. The Morgan fingerprint density at radius 1 is 1.21 bits per heavy atom. The van der Waals surface area contributed by atoms with Gasteiger partial charge in [-0.1, -0.05) is 17.7 Å². The van der Waals surface area contributed by atoms with Crippen molar-refractivity contribution in [3.05, 3.63) is 41.8 Å². The summed E-state index contributed by atoms with van der Waals surface area (Å²) in [5.74, 6) is 2.03. The summed E-state index contributed by atoms with van der Waals surface area (Å²) in [4.78, 5) is 8.79. The Bertz CT molecular complexity index is 752. The maximum absolute atomic E-state index is 5.79. The molecule has 1 aliphatic rings. The molecule has 7 nitrogen and oxygen atoms in total. The summed E-state index contributed by atoms with van der Waals surface area (Å²) in [6.45, 7) is 6.75. The van der Waals surface area contributed by atoms with Gasteiger partial charge in [0.2, 0.25) is 5.89 Å². The Labute approximate surface area is 172 Å². The van der Waals surface area contributed by atoms with Crippen LogP contribution in [0.4, 0.5) is 0 Å². The topological polar surface area (TPSA) is 80.9 Å². The molecule has 1 saturated heterocycles. The van der Waals surface area contributed by atoms with Crippen LogP contribution >= 0.6 is 0 Å². The molecule has 3 rings (SSSR count). The Morgan fingerprint density at radius 3 is 2.76 bits per heavy atom. The normalized spacial score (nSPS) is 15.4. The standard InChI is InChI=1S/C22H32N4O3/c1-17-4-6-19(7-5-17)21-26-20(16-29-21)14-25-22(23-2)24-10-3-11-28-15-18-8-12-27-13-9-18/h4-7,16,18H,3,8-15H2,1-2H3,(H2,23,24,25). The number of aliphatic imine (C=N–C) groups is 1. The van der Waals surface area contributed by atoms with Crippen molar-refractivity contribution in [3.8, 4) is 11.5 Å². The number of hydrogen-bond donors (Lipinski definition) is 2. The fraction of sp³-hybridized carbons (Fsp3) is 0.545. The van der Waals surface area contributed by atoms with E-state index < -0.39 is 0 Å². The molecule has 2 heterocycles. The van der Waals surface area contributed by atoms with E-state index in [2.05, 4.69) is 39.7 Å². The first-order valence-electron chi connectivity index (χ1n) is 10.4. The van der Waals surface area contributed by atoms with Gasteiger partial charge in [0.25, 0.3) is 0 Å². The average molecular weight is 401 g/mol. The Balaban J connectivity index is 1.31. The molecule has 0 unspecified atom stereocenters. The summed E-state index contributed by atoms with van der Waals surface area (Å²) in [6, 6.07) is 8.14. The van der Waals surface area contributed by atoms with E-state index in [9.17, 15) is 0 Å². The summed E-state index contributed by atoms with van der Waals surface area (Å²) >= 11 is 0. The first kappa shape index (κ1) is 21.3. The quantitative estimate of drug-likeness (QED) is 0.382. The Kier molecular flexibility index (Phi) is 8.52. The maximum Gasteiger partial charge on any atom is 0.226 e. The molecule has 158 valence electrons. The summed E-state index contributed by atoms with van der Waals surface area (Å²) in [6.07, 6.45) is 4.84. The zero-order chi connectivity index (χ0) is 20.3. The van der Waals surface area contributed by atoms with Gasteiger partial charge in [0, 0.05) is 45.6 Å². The summed E-state index contributed by atoms with van der Waals surface area (Å²) in [5.41, 5.74) is 3.03. The van der Waals surface area contributed by atoms with Gasteiger partial charge in [-0.05, 0) is 44.2 Å². The van der Waals surface area contributed by atoms with Crippen LogP contribution in [-0.4, -0.2) is 51.0 Å². The van der Waals surface area contributed by atoms with Crippen molar-refractivity contribution in [2.45, 2.75) is 32.7 Å². The van der Waals surface area contributed by atoms with Gasteiger partial charge in [-0.25, -0.2) is 4.98 Å². The lowest BCUT2D eigenvalue weighted by Gasteiger charge is -2.21. The first-order chi connectivity index (χ1) is 14.2. The molecule has 0 aliphatic carbocycles. The van der Waals surface area contributed by atoms with E-state index in [0.717, 1.165) is 69.5 Å². The van der Waals surface area contributed by atoms with Crippen molar-refractivity contribution >= 4 is 5.96 Å². The molecular weight excluding hydrogens is 368 g/mol. The molecule has 29 heavy (non-hydrogen) atoms. The SMILES string of the molecule is CN=C(NCCCOCC1CCOCC1)NCc1coc(-c2ccc(C)cc2)n1. The molecule has 0 atom stereocenters. The molecule has 0 radical (unpaired) electrons. The molecule has 1 aliphatic heterocycles. The summed E-state index contributed by atoms with van der Waals surface area (Å²) < 4.78 is 16.8. The molecular formula is C22H32N4O3. The summed E-state index contributed by atoms with van der Waals surface area (Å²) in [7, 11) is 1.76. The van der Waals surface area contributed by atoms with Crippen molar-refractivity contribution in [1.29, 1.82) is 0 Å². The number of benzene rings is 1. The van der Waals surface area contributed by atoms with Crippen LogP contribution in [0.2, 0.25) is 0 Å². The van der Waals surface area contributed by atoms with E-state index >= 15 is 0 Å². The van der Waals surface area contributed by atoms with Gasteiger partial charge in [-0.3, -0.25) is 4.99 Å². The Morgan fingerprint density at radius 2 is 2.00 bits per heavy atom. The van der Waals surface area contributed by atoms with E-state index in [0.29, 0.717) is 18.4 Å². The number of nitrogens with zero attached hydrogens (tertiary/aromatic N) is 2. The van der Waals surface area contributed by atoms with Gasteiger partial charge in [-0.2, -0.15) is 0 Å². The highest BCUT2D eigenvalue weighted by molar-refractivity contribution is 5.79. The van der Waals surface area contributed by atoms with Crippen LogP contribution in [0.1, 0.15) is 30.5 Å². The van der Waals surface area contributed by atoms with E-state index in [1.807, 2.05) is 12.1 Å². The minimum Gasteiger partial charge on any atom is -0.444 e. The highest BCUT2D eigenvalue weighted by atomic mass is 16.5. The largest absolute Gasteiger partial charge is 0.444 e. The summed E-state index contributed by atoms with van der Waals surface area (Å²) in [5, 5.41) is 6.57. The zero-order valence-corrected chi connectivity index (χ0v) is 17.4. The van der Waals surface area contributed by atoms with Crippen LogP contribution in [-0.2, 0) is 16.0 Å². The lowest BCUT2D eigenvalue weighted by atomic mass is 10.0. The molecule has 1 aromatic heterocycles. The van der Waals surface area contributed by atoms with Crippen LogP contribution < -0.4 is 10.6 Å². The highest BCUT2D eigenvalue weighted by Crippen LogP contribution is 2.19. The molecule has 1 fully saturated rings. The van der Waals surface area contributed by atoms with Crippen LogP contribution in [0.5, 0.6) is 0 Å². The van der Waals surface area contributed by atoms with Gasteiger partial charge in [0.1, 0.15) is 6.26 Å². The van der Waals surface area contributed by atoms with Crippen LogP contribution in [0.15, 0.2) is 39.9 Å². The maximum atomic E-state index is 5.79. The Hall–Kier alpha value is -2.38. The lowest BCUT2D eigenvalue weighted by molar-refractivity contribution is 0.0203. The van der Waals surface area contributed by atoms with Crippen molar-refractivity contribution in [3.63, 3.8) is 0 Å². The molecule has 0 spiro atoms. The second-order valence-electron chi connectivity index (χ2n) is 7.35. The smallest absolute Gasteiger partial charge is 0.226 e. The number of aromatic nitrogens is 1. The van der Waals surface area contributed by atoms with Crippen LogP contribution in [0.25, 0.3) is 11.5 Å². The molecule has 2 aromatic rings.